The lowest BCUT2D eigenvalue weighted by molar-refractivity contribution is 0.554. The maximum atomic E-state index is 10.4. The fraction of sp³-hybridized carbons (Fsp3) is 0. The molecule has 0 aromatic heterocycles. The van der Waals surface area contributed by atoms with Crippen LogP contribution in [0.4, 0.5) is 3.89 Å². The normalized spacial score (nSPS) is 9.67. The van der Waals surface area contributed by atoms with Crippen LogP contribution in [0.5, 0.6) is 0 Å². The van der Waals surface area contributed by atoms with Crippen molar-refractivity contribution in [3.05, 3.63) is 0 Å². The van der Waals surface area contributed by atoms with Gasteiger partial charge in [-0.15, -0.1) is 0 Å². The minimum absolute atomic E-state index is 0. The summed E-state index contributed by atoms with van der Waals surface area (Å²) in [5, 5.41) is 3.66. The lowest BCUT2D eigenvalue weighted by Crippen LogP contribution is -2.01. The highest BCUT2D eigenvalue weighted by atomic mass is 32.3. The maximum absolute atomic E-state index is 10.4. The van der Waals surface area contributed by atoms with Gasteiger partial charge in [-0.05, 0) is 0 Å². The van der Waals surface area contributed by atoms with Crippen LogP contribution >= 0.6 is 0 Å². The lowest BCUT2D eigenvalue weighted by atomic mass is 13.9. The molecule has 0 saturated heterocycles. The molecule has 0 saturated carbocycles. The molecule has 0 aromatic carbocycles. The van der Waals surface area contributed by atoms with Gasteiger partial charge in [0, 0.05) is 0 Å². The average molecular weight is 116 g/mol. The Morgan fingerprint density at radius 2 is 1.50 bits per heavy atom. The van der Waals surface area contributed by atoms with Gasteiger partial charge in [0.15, 0.2) is 0 Å². The van der Waals surface area contributed by atoms with E-state index in [0.29, 0.717) is 0 Å². The Labute approximate surface area is 35.1 Å². The van der Waals surface area contributed by atoms with Gasteiger partial charge >= 0.3 is 10.4 Å². The van der Waals surface area contributed by atoms with E-state index in [1.165, 1.54) is 0 Å². The highest BCUT2D eigenvalue weighted by Crippen LogP contribution is 1.67. The largest absolute Gasteiger partial charge is 0.369 e. The van der Waals surface area contributed by atoms with Crippen molar-refractivity contribution in [3.63, 3.8) is 0 Å². The van der Waals surface area contributed by atoms with Crippen molar-refractivity contribution in [2.75, 3.05) is 0 Å². The van der Waals surface area contributed by atoms with Crippen molar-refractivity contribution in [1.29, 1.82) is 0 Å². The molecule has 0 amide bonds. The van der Waals surface area contributed by atoms with Gasteiger partial charge in [-0.1, -0.05) is 3.89 Å². The van der Waals surface area contributed by atoms with Crippen molar-refractivity contribution >= 4 is 10.4 Å². The van der Waals surface area contributed by atoms with E-state index < -0.39 is 10.4 Å². The Morgan fingerprint density at radius 1 is 1.50 bits per heavy atom. The zero-order valence-corrected chi connectivity index (χ0v) is 3.70. The first-order valence-electron chi connectivity index (χ1n) is 0.723. The highest BCUT2D eigenvalue weighted by Gasteiger charge is 1.86. The number of nitrogens with two attached hydrogens (primary N) is 1. The molecule has 0 fully saturated rings. The van der Waals surface area contributed by atoms with Crippen LogP contribution in [0.3, 0.4) is 0 Å². The molecule has 0 aliphatic carbocycles. The van der Waals surface area contributed by atoms with Crippen LogP contribution in [0, 0.1) is 0 Å². The van der Waals surface area contributed by atoms with Crippen LogP contribution in [-0.4, -0.2) is 8.42 Å². The second-order valence-corrected chi connectivity index (χ2v) is 1.43. The van der Waals surface area contributed by atoms with Crippen molar-refractivity contribution in [3.8, 4) is 0 Å². The van der Waals surface area contributed by atoms with Gasteiger partial charge < -0.3 is 6.15 Å². The van der Waals surface area contributed by atoms with Crippen LogP contribution in [0.1, 0.15) is 0 Å². The molecule has 0 atom stereocenters. The highest BCUT2D eigenvalue weighted by molar-refractivity contribution is 7.83. The van der Waals surface area contributed by atoms with E-state index in [1.54, 1.807) is 0 Å². The lowest BCUT2D eigenvalue weighted by Gasteiger charge is -1.64. The van der Waals surface area contributed by atoms with Crippen LogP contribution < -0.4 is 11.3 Å². The summed E-state index contributed by atoms with van der Waals surface area (Å²) in [5.41, 5.74) is 0. The number of hydrogen-bond donors (Lipinski definition) is 2. The Hall–Kier alpha value is -0.200. The first-order valence-corrected chi connectivity index (χ1v) is 2.17. The van der Waals surface area contributed by atoms with E-state index >= 15 is 0 Å². The molecule has 0 aliphatic rings. The van der Waals surface area contributed by atoms with E-state index in [2.05, 4.69) is 5.14 Å². The molecule has 5 N–H and O–H groups in total. The second-order valence-electron chi connectivity index (χ2n) is 0.476. The molecule has 0 bridgehead atoms. The van der Waals surface area contributed by atoms with Gasteiger partial charge in [0.2, 0.25) is 0 Å². The zero-order valence-electron chi connectivity index (χ0n) is 2.89. The molecule has 4 nitrogen and oxygen atoms in total. The smallest absolute Gasteiger partial charge is 0.344 e. The summed E-state index contributed by atoms with van der Waals surface area (Å²) in [6.07, 6.45) is 0. The van der Waals surface area contributed by atoms with Crippen LogP contribution in [-0.2, 0) is 10.4 Å². The standard InChI is InChI=1S/FH2NO2S.H3N/c1-5(2,3)4;/h(H2,2,3,4);1H3. The Bertz CT molecular complexity index is 94.7. The molecule has 0 radical (unpaired) electrons. The summed E-state index contributed by atoms with van der Waals surface area (Å²) < 4.78 is 27.9. The van der Waals surface area contributed by atoms with E-state index in [0.717, 1.165) is 0 Å². The molecule has 6 heteroatoms. The Balaban J connectivity index is 0. The van der Waals surface area contributed by atoms with E-state index in [1.807, 2.05) is 0 Å². The molecule has 0 spiro atoms. The first kappa shape index (κ1) is 9.25. The van der Waals surface area contributed by atoms with Gasteiger partial charge in [-0.3, -0.25) is 0 Å². The maximum Gasteiger partial charge on any atom is 0.369 e. The van der Waals surface area contributed by atoms with Crippen LogP contribution in [0.25, 0.3) is 0 Å². The van der Waals surface area contributed by atoms with Crippen LogP contribution in [0.2, 0.25) is 0 Å². The Morgan fingerprint density at radius 3 is 1.50 bits per heavy atom. The molecule has 0 unspecified atom stereocenters. The third-order valence-electron chi connectivity index (χ3n) is 0. The van der Waals surface area contributed by atoms with Crippen molar-refractivity contribution < 1.29 is 12.3 Å². The fourth-order valence-corrected chi connectivity index (χ4v) is 0. The monoisotopic (exact) mass is 116 g/mol. The van der Waals surface area contributed by atoms with E-state index in [4.69, 9.17) is 8.42 Å². The molecular weight excluding hydrogens is 111 g/mol. The Kier molecular flexibility index (Phi) is 3.18. The predicted molar refractivity (Wildman–Crippen MR) is 19.2 cm³/mol. The third-order valence-corrected chi connectivity index (χ3v) is 0. The number of hydrogen-bond acceptors (Lipinski definition) is 3. The SMILES string of the molecule is N.NS(=O)(=O)F. The molecule has 40 valence electrons. The van der Waals surface area contributed by atoms with Crippen molar-refractivity contribution in [2.24, 2.45) is 5.14 Å². The minimum atomic E-state index is -4.67. The van der Waals surface area contributed by atoms with Gasteiger partial charge in [0.25, 0.3) is 0 Å². The van der Waals surface area contributed by atoms with E-state index in [-0.39, 0.29) is 6.15 Å². The summed E-state index contributed by atoms with van der Waals surface area (Å²) in [7, 11) is -4.67. The first-order chi connectivity index (χ1) is 2.00. The number of rotatable bonds is 0. The number of halogens is 1. The molecule has 6 heavy (non-hydrogen) atoms. The topological polar surface area (TPSA) is 95.2 Å². The van der Waals surface area contributed by atoms with Crippen LogP contribution in [0.15, 0.2) is 0 Å². The summed E-state index contributed by atoms with van der Waals surface area (Å²) in [6, 6.07) is 0. The third kappa shape index (κ3) is 745. The van der Waals surface area contributed by atoms with Gasteiger partial charge in [0.05, 0.1) is 0 Å². The molecule has 0 rings (SSSR count). The van der Waals surface area contributed by atoms with Gasteiger partial charge in [-0.25, -0.2) is 5.14 Å². The average Bonchev–Trinajstić information content (AvgIpc) is 0.722. The molecule has 0 heterocycles. The van der Waals surface area contributed by atoms with Gasteiger partial charge in [-0.2, -0.15) is 8.42 Å². The summed E-state index contributed by atoms with van der Waals surface area (Å²) in [4.78, 5) is 0. The zero-order chi connectivity index (χ0) is 4.50. The van der Waals surface area contributed by atoms with Crippen molar-refractivity contribution in [1.82, 2.24) is 6.15 Å². The van der Waals surface area contributed by atoms with Crippen molar-refractivity contribution in [2.45, 2.75) is 0 Å². The van der Waals surface area contributed by atoms with Gasteiger partial charge in [0.1, 0.15) is 0 Å². The summed E-state index contributed by atoms with van der Waals surface area (Å²) >= 11 is 0. The molecular formula is H5FN2O2S. The minimum Gasteiger partial charge on any atom is -0.344 e. The summed E-state index contributed by atoms with van der Waals surface area (Å²) in [6.45, 7) is 0. The van der Waals surface area contributed by atoms with E-state index in [9.17, 15) is 3.89 Å². The quantitative estimate of drug-likeness (QED) is 0.410. The predicted octanol–water partition coefficient (Wildman–Crippen LogP) is -0.679. The molecule has 0 aromatic rings. The second kappa shape index (κ2) is 2.06. The molecule has 0 aliphatic heterocycles. The summed E-state index contributed by atoms with van der Waals surface area (Å²) in [5.74, 6) is 0. The fourth-order valence-electron chi connectivity index (χ4n) is 0.